The molecule has 42 heavy (non-hydrogen) atoms. The van der Waals surface area contributed by atoms with Crippen LogP contribution in [-0.4, -0.2) is 87.2 Å². The molecule has 2 aliphatic heterocycles. The van der Waals surface area contributed by atoms with Crippen LogP contribution in [-0.2, 0) is 38.0 Å². The van der Waals surface area contributed by atoms with Gasteiger partial charge in [-0.3, -0.25) is 9.59 Å². The summed E-state index contributed by atoms with van der Waals surface area (Å²) in [5, 5.41) is 10.9. The SMILES string of the molecule is CC[C@@H]1CCC[C@H](O)[C@H](C)C(=O)[C@@H]2C[C@@H]3[C@H](C=C[C@@H]4C[C@H](O[C@@H]5O[C@H](C)[C@H](OC)[C@H](OC)[C@@H]5OC)C[C@@H]34)[C@@H]2CC(=O)O1. The number of carbonyl (C=O) groups is 2. The van der Waals surface area contributed by atoms with Gasteiger partial charge in [0.25, 0.3) is 0 Å². The van der Waals surface area contributed by atoms with Crippen LogP contribution < -0.4 is 0 Å². The maximum absolute atomic E-state index is 13.8. The van der Waals surface area contributed by atoms with Crippen molar-refractivity contribution in [2.45, 2.75) is 121 Å². The third-order valence-electron chi connectivity index (χ3n) is 11.2. The van der Waals surface area contributed by atoms with E-state index in [1.807, 2.05) is 20.8 Å². The molecular formula is C33H52O9. The second-order valence-corrected chi connectivity index (χ2v) is 13.4. The minimum Gasteiger partial charge on any atom is -0.462 e. The van der Waals surface area contributed by atoms with Crippen molar-refractivity contribution in [3.63, 3.8) is 0 Å². The molecule has 2 heterocycles. The fourth-order valence-electron chi connectivity index (χ4n) is 8.93. The van der Waals surface area contributed by atoms with Crippen molar-refractivity contribution >= 4 is 11.8 Å². The van der Waals surface area contributed by atoms with Crippen molar-refractivity contribution < 1.29 is 43.1 Å². The summed E-state index contributed by atoms with van der Waals surface area (Å²) in [6, 6.07) is 0. The van der Waals surface area contributed by atoms with Crippen LogP contribution in [0.15, 0.2) is 12.2 Å². The number of methoxy groups -OCH3 is 3. The van der Waals surface area contributed by atoms with Gasteiger partial charge in [-0.25, -0.2) is 0 Å². The van der Waals surface area contributed by atoms with E-state index < -0.39 is 24.4 Å². The highest BCUT2D eigenvalue weighted by molar-refractivity contribution is 5.85. The van der Waals surface area contributed by atoms with E-state index in [0.717, 1.165) is 38.5 Å². The number of esters is 1. The van der Waals surface area contributed by atoms with Crippen LogP contribution in [0.5, 0.6) is 0 Å². The van der Waals surface area contributed by atoms with Crippen LogP contribution in [0.1, 0.15) is 72.1 Å². The molecule has 4 fully saturated rings. The molecule has 2 saturated heterocycles. The molecule has 5 aliphatic rings. The molecule has 2 saturated carbocycles. The summed E-state index contributed by atoms with van der Waals surface area (Å²) in [5.74, 6) is 0.229. The van der Waals surface area contributed by atoms with Gasteiger partial charge in [0.2, 0.25) is 0 Å². The zero-order valence-corrected chi connectivity index (χ0v) is 26.2. The largest absolute Gasteiger partial charge is 0.462 e. The van der Waals surface area contributed by atoms with E-state index >= 15 is 0 Å². The van der Waals surface area contributed by atoms with Gasteiger partial charge in [-0.15, -0.1) is 0 Å². The number of allylic oxidation sites excluding steroid dienone is 2. The summed E-state index contributed by atoms with van der Waals surface area (Å²) in [4.78, 5) is 27.0. The summed E-state index contributed by atoms with van der Waals surface area (Å²) in [6.45, 7) is 5.86. The predicted molar refractivity (Wildman–Crippen MR) is 154 cm³/mol. The molecule has 9 heteroatoms. The lowest BCUT2D eigenvalue weighted by Gasteiger charge is -2.44. The molecule has 0 aromatic heterocycles. The second-order valence-electron chi connectivity index (χ2n) is 13.4. The Morgan fingerprint density at radius 2 is 1.64 bits per heavy atom. The van der Waals surface area contributed by atoms with Crippen molar-refractivity contribution in [3.05, 3.63) is 12.2 Å². The first-order valence-electron chi connectivity index (χ1n) is 16.2. The zero-order chi connectivity index (χ0) is 30.1. The summed E-state index contributed by atoms with van der Waals surface area (Å²) >= 11 is 0. The average molecular weight is 593 g/mol. The van der Waals surface area contributed by atoms with E-state index in [0.29, 0.717) is 18.3 Å². The molecule has 3 aliphatic carbocycles. The molecule has 5 rings (SSSR count). The van der Waals surface area contributed by atoms with Gasteiger partial charge in [0.15, 0.2) is 6.29 Å². The Labute approximate surface area is 250 Å². The molecule has 238 valence electrons. The van der Waals surface area contributed by atoms with Gasteiger partial charge in [0, 0.05) is 39.6 Å². The quantitative estimate of drug-likeness (QED) is 0.360. The Morgan fingerprint density at radius 1 is 0.905 bits per heavy atom. The number of Topliss-reactive ketones (excluding diaryl/α,β-unsaturated/α-hetero) is 1. The molecule has 0 amide bonds. The van der Waals surface area contributed by atoms with Gasteiger partial charge in [0.1, 0.15) is 30.2 Å². The molecule has 0 radical (unpaired) electrons. The molecule has 15 atom stereocenters. The summed E-state index contributed by atoms with van der Waals surface area (Å²) in [5.41, 5.74) is 0. The first-order valence-corrected chi connectivity index (χ1v) is 16.2. The zero-order valence-electron chi connectivity index (χ0n) is 26.2. The lowest BCUT2D eigenvalue weighted by Crippen LogP contribution is -2.59. The highest BCUT2D eigenvalue weighted by Crippen LogP contribution is 2.57. The number of hydrogen-bond acceptors (Lipinski definition) is 9. The van der Waals surface area contributed by atoms with E-state index in [9.17, 15) is 14.7 Å². The molecule has 1 N–H and O–H groups in total. The third kappa shape index (κ3) is 6.24. The Hall–Kier alpha value is -1.36. The first kappa shape index (κ1) is 32.0. The fraction of sp³-hybridized carbons (Fsp3) is 0.879. The van der Waals surface area contributed by atoms with Crippen molar-refractivity contribution in [3.8, 4) is 0 Å². The lowest BCUT2D eigenvalue weighted by atomic mass is 9.71. The minimum atomic E-state index is -0.666. The molecule has 0 aromatic carbocycles. The molecule has 9 nitrogen and oxygen atoms in total. The number of rotatable bonds is 6. The second kappa shape index (κ2) is 13.7. The number of aliphatic hydroxyl groups excluding tert-OH is 1. The Morgan fingerprint density at radius 3 is 2.33 bits per heavy atom. The predicted octanol–water partition coefficient (Wildman–Crippen LogP) is 4.09. The summed E-state index contributed by atoms with van der Waals surface area (Å²) < 4.78 is 36.0. The minimum absolute atomic E-state index is 0.0202. The first-order chi connectivity index (χ1) is 20.2. The molecule has 0 aromatic rings. The van der Waals surface area contributed by atoms with E-state index in [4.69, 9.17) is 28.4 Å². The normalized spacial score (nSPS) is 48.0. The van der Waals surface area contributed by atoms with Crippen LogP contribution in [0.3, 0.4) is 0 Å². The van der Waals surface area contributed by atoms with Gasteiger partial charge >= 0.3 is 5.97 Å². The lowest BCUT2D eigenvalue weighted by molar-refractivity contribution is -0.314. The van der Waals surface area contributed by atoms with Crippen LogP contribution in [0.4, 0.5) is 0 Å². The monoisotopic (exact) mass is 592 g/mol. The molecule has 0 bridgehead atoms. The smallest absolute Gasteiger partial charge is 0.306 e. The Balaban J connectivity index is 1.32. The van der Waals surface area contributed by atoms with Crippen molar-refractivity contribution in [2.75, 3.05) is 21.3 Å². The van der Waals surface area contributed by atoms with E-state index in [2.05, 4.69) is 12.2 Å². The molecule has 0 spiro atoms. The van der Waals surface area contributed by atoms with Gasteiger partial charge < -0.3 is 33.5 Å². The number of aliphatic hydroxyl groups is 1. The van der Waals surface area contributed by atoms with E-state index in [1.54, 1.807) is 21.3 Å². The standard InChI is InChI=1S/C33H52O9/c1-7-20-9-8-10-27(34)17(2)29(36)26-15-24-22(25(26)16-28(35)41-20)12-11-19-13-21(14-23(19)24)42-33-32(39-6)31(38-5)30(37-4)18(3)40-33/h11-12,17-27,30-34H,7-10,13-16H2,1-6H3/t17-,18+,19+,20+,21-,22-,23+,24+,25-,26+,27-,30-,31-,32-,33-/m0/s1. The van der Waals surface area contributed by atoms with Gasteiger partial charge in [-0.05, 0) is 81.5 Å². The topological polar surface area (TPSA) is 110 Å². The number of carbonyl (C=O) groups excluding carboxylic acids is 2. The summed E-state index contributed by atoms with van der Waals surface area (Å²) in [6.07, 6.45) is 7.45. The van der Waals surface area contributed by atoms with Crippen molar-refractivity contribution in [2.24, 2.45) is 41.4 Å². The van der Waals surface area contributed by atoms with E-state index in [1.165, 1.54) is 0 Å². The number of fused-ring (bicyclic) bond motifs is 5. The van der Waals surface area contributed by atoms with Crippen LogP contribution in [0, 0.1) is 41.4 Å². The van der Waals surface area contributed by atoms with Gasteiger partial charge in [-0.2, -0.15) is 0 Å². The average Bonchev–Trinajstić information content (AvgIpc) is 3.55. The molecular weight excluding hydrogens is 540 g/mol. The number of ether oxygens (including phenoxy) is 6. The maximum Gasteiger partial charge on any atom is 0.306 e. The van der Waals surface area contributed by atoms with E-state index in [-0.39, 0.29) is 72.4 Å². The third-order valence-corrected chi connectivity index (χ3v) is 11.2. The van der Waals surface area contributed by atoms with Crippen LogP contribution in [0.25, 0.3) is 0 Å². The highest BCUT2D eigenvalue weighted by atomic mass is 16.7. The maximum atomic E-state index is 13.8. The fourth-order valence-corrected chi connectivity index (χ4v) is 8.93. The highest BCUT2D eigenvalue weighted by Gasteiger charge is 2.55. The van der Waals surface area contributed by atoms with Crippen LogP contribution >= 0.6 is 0 Å². The number of cyclic esters (lactones) is 1. The number of hydrogen-bond donors (Lipinski definition) is 1. The Kier molecular flexibility index (Phi) is 10.5. The summed E-state index contributed by atoms with van der Waals surface area (Å²) in [7, 11) is 4.95. The van der Waals surface area contributed by atoms with Crippen molar-refractivity contribution in [1.29, 1.82) is 0 Å². The van der Waals surface area contributed by atoms with Crippen molar-refractivity contribution in [1.82, 2.24) is 0 Å². The van der Waals surface area contributed by atoms with Crippen LogP contribution in [0.2, 0.25) is 0 Å². The number of ketones is 1. The van der Waals surface area contributed by atoms with Gasteiger partial charge in [0.05, 0.1) is 18.3 Å². The molecule has 0 unspecified atom stereocenters. The Bertz CT molecular complexity index is 969. The van der Waals surface area contributed by atoms with Gasteiger partial charge in [-0.1, -0.05) is 26.0 Å².